The molecule has 2 aromatic rings. The first kappa shape index (κ1) is 18.5. The summed E-state index contributed by atoms with van der Waals surface area (Å²) in [7, 11) is 1.77. The van der Waals surface area contributed by atoms with Gasteiger partial charge in [-0.25, -0.2) is 4.98 Å². The molecule has 1 saturated carbocycles. The molecule has 0 saturated heterocycles. The van der Waals surface area contributed by atoms with Crippen molar-refractivity contribution in [3.8, 4) is 0 Å². The average Bonchev–Trinajstić information content (AvgIpc) is 2.72. The molecular formula is C22H26N4O2. The quantitative estimate of drug-likeness (QED) is 0.844. The van der Waals surface area contributed by atoms with E-state index in [2.05, 4.69) is 15.6 Å². The van der Waals surface area contributed by atoms with Crippen LogP contribution in [0.3, 0.4) is 0 Å². The van der Waals surface area contributed by atoms with Gasteiger partial charge in [-0.3, -0.25) is 9.59 Å². The molecule has 4 rings (SSSR count). The summed E-state index contributed by atoms with van der Waals surface area (Å²) in [6.45, 7) is 0. The predicted molar refractivity (Wildman–Crippen MR) is 111 cm³/mol. The fraction of sp³-hybridized carbons (Fsp3) is 0.409. The van der Waals surface area contributed by atoms with E-state index in [9.17, 15) is 9.59 Å². The van der Waals surface area contributed by atoms with E-state index in [-0.39, 0.29) is 11.8 Å². The number of aryl methyl sites for hydroxylation is 1. The lowest BCUT2D eigenvalue weighted by molar-refractivity contribution is -0.118. The molecule has 1 aromatic carbocycles. The summed E-state index contributed by atoms with van der Waals surface area (Å²) >= 11 is 0. The summed E-state index contributed by atoms with van der Waals surface area (Å²) in [5.74, 6) is -0.150. The van der Waals surface area contributed by atoms with Crippen LogP contribution >= 0.6 is 0 Å². The molecule has 2 aliphatic rings. The number of nitrogens with zero attached hydrogens (tertiary/aromatic N) is 2. The maximum atomic E-state index is 12.9. The van der Waals surface area contributed by atoms with Gasteiger partial charge in [0.1, 0.15) is 0 Å². The maximum Gasteiger partial charge on any atom is 0.276 e. The third-order valence-electron chi connectivity index (χ3n) is 5.67. The van der Waals surface area contributed by atoms with E-state index in [1.807, 2.05) is 30.3 Å². The van der Waals surface area contributed by atoms with Crippen LogP contribution in [0, 0.1) is 0 Å². The normalized spacial score (nSPS) is 17.2. The minimum atomic E-state index is -0.247. The standard InChI is InChI=1S/C22H26N4O2/c1-26-19-14-17(11-9-15(19)10-12-20(26)27)25-22(28)21-18(8-5-13-23-21)24-16-6-3-2-4-7-16/h5,8-9,11,13-14,16,24H,2-4,6-7,10,12H2,1H3,(H,25,28). The van der Waals surface area contributed by atoms with Crippen molar-refractivity contribution in [3.05, 3.63) is 47.8 Å². The van der Waals surface area contributed by atoms with Crippen LogP contribution in [-0.4, -0.2) is 29.9 Å². The number of aromatic nitrogens is 1. The Bertz CT molecular complexity index is 890. The monoisotopic (exact) mass is 378 g/mol. The Morgan fingerprint density at radius 1 is 1.14 bits per heavy atom. The van der Waals surface area contributed by atoms with Gasteiger partial charge in [0.25, 0.3) is 5.91 Å². The summed E-state index contributed by atoms with van der Waals surface area (Å²) in [4.78, 5) is 30.8. The average molecular weight is 378 g/mol. The van der Waals surface area contributed by atoms with Crippen molar-refractivity contribution < 1.29 is 9.59 Å². The summed E-state index contributed by atoms with van der Waals surface area (Å²) in [5, 5.41) is 6.44. The molecule has 1 fully saturated rings. The number of anilines is 3. The zero-order valence-electron chi connectivity index (χ0n) is 16.2. The maximum absolute atomic E-state index is 12.9. The van der Waals surface area contributed by atoms with E-state index in [0.29, 0.717) is 23.8 Å². The summed E-state index contributed by atoms with van der Waals surface area (Å²) < 4.78 is 0. The smallest absolute Gasteiger partial charge is 0.276 e. The zero-order chi connectivity index (χ0) is 19.5. The van der Waals surface area contributed by atoms with Crippen LogP contribution in [0.15, 0.2) is 36.5 Å². The number of hydrogen-bond donors (Lipinski definition) is 2. The Labute approximate surface area is 165 Å². The van der Waals surface area contributed by atoms with Gasteiger partial charge >= 0.3 is 0 Å². The van der Waals surface area contributed by atoms with Crippen LogP contribution in [0.5, 0.6) is 0 Å². The summed E-state index contributed by atoms with van der Waals surface area (Å²) in [6, 6.07) is 9.89. The van der Waals surface area contributed by atoms with Crippen LogP contribution < -0.4 is 15.5 Å². The van der Waals surface area contributed by atoms with E-state index in [1.54, 1.807) is 18.1 Å². The van der Waals surface area contributed by atoms with Crippen molar-refractivity contribution in [2.75, 3.05) is 22.6 Å². The number of amides is 2. The van der Waals surface area contributed by atoms with Crippen LogP contribution in [-0.2, 0) is 11.2 Å². The largest absolute Gasteiger partial charge is 0.380 e. The highest BCUT2D eigenvalue weighted by atomic mass is 16.2. The Hall–Kier alpha value is -2.89. The molecule has 0 radical (unpaired) electrons. The van der Waals surface area contributed by atoms with Gasteiger partial charge in [0, 0.05) is 37.1 Å². The number of fused-ring (bicyclic) bond motifs is 1. The number of pyridine rings is 1. The molecule has 2 heterocycles. The number of hydrogen-bond acceptors (Lipinski definition) is 4. The second-order valence-corrected chi connectivity index (χ2v) is 7.63. The lowest BCUT2D eigenvalue weighted by Gasteiger charge is -2.26. The van der Waals surface area contributed by atoms with Crippen molar-refractivity contribution in [1.82, 2.24) is 4.98 Å². The molecular weight excluding hydrogens is 352 g/mol. The molecule has 0 atom stereocenters. The Balaban J connectivity index is 1.52. The molecule has 0 bridgehead atoms. The number of carbonyl (C=O) groups excluding carboxylic acids is 2. The van der Waals surface area contributed by atoms with Crippen molar-refractivity contribution in [1.29, 1.82) is 0 Å². The fourth-order valence-electron chi connectivity index (χ4n) is 4.07. The number of carbonyl (C=O) groups is 2. The highest BCUT2D eigenvalue weighted by molar-refractivity contribution is 6.07. The first-order valence-electron chi connectivity index (χ1n) is 10.0. The van der Waals surface area contributed by atoms with E-state index in [4.69, 9.17) is 0 Å². The highest BCUT2D eigenvalue weighted by Gasteiger charge is 2.22. The highest BCUT2D eigenvalue weighted by Crippen LogP contribution is 2.30. The Morgan fingerprint density at radius 3 is 2.79 bits per heavy atom. The van der Waals surface area contributed by atoms with Crippen LogP contribution in [0.1, 0.15) is 54.6 Å². The van der Waals surface area contributed by atoms with Crippen LogP contribution in [0.2, 0.25) is 0 Å². The van der Waals surface area contributed by atoms with Gasteiger partial charge in [-0.2, -0.15) is 0 Å². The molecule has 0 spiro atoms. The van der Waals surface area contributed by atoms with Gasteiger partial charge in [-0.1, -0.05) is 25.3 Å². The lowest BCUT2D eigenvalue weighted by atomic mass is 9.95. The van der Waals surface area contributed by atoms with Crippen molar-refractivity contribution in [2.24, 2.45) is 0 Å². The van der Waals surface area contributed by atoms with Crippen LogP contribution in [0.25, 0.3) is 0 Å². The molecule has 146 valence electrons. The molecule has 28 heavy (non-hydrogen) atoms. The molecule has 2 amide bonds. The topological polar surface area (TPSA) is 74.3 Å². The fourth-order valence-corrected chi connectivity index (χ4v) is 4.07. The molecule has 1 aliphatic carbocycles. The number of benzene rings is 1. The van der Waals surface area contributed by atoms with Crippen molar-refractivity contribution >= 4 is 28.9 Å². The van der Waals surface area contributed by atoms with Crippen molar-refractivity contribution in [3.63, 3.8) is 0 Å². The van der Waals surface area contributed by atoms with Gasteiger partial charge in [0.15, 0.2) is 5.69 Å². The van der Waals surface area contributed by atoms with E-state index in [0.717, 1.165) is 36.2 Å². The van der Waals surface area contributed by atoms with E-state index < -0.39 is 0 Å². The van der Waals surface area contributed by atoms with Gasteiger partial charge < -0.3 is 15.5 Å². The molecule has 0 unspecified atom stereocenters. The summed E-state index contributed by atoms with van der Waals surface area (Å²) in [6.07, 6.45) is 8.89. The second kappa shape index (κ2) is 8.00. The third-order valence-corrected chi connectivity index (χ3v) is 5.67. The van der Waals surface area contributed by atoms with Gasteiger partial charge in [0.05, 0.1) is 5.69 Å². The summed E-state index contributed by atoms with van der Waals surface area (Å²) in [5.41, 5.74) is 3.82. The second-order valence-electron chi connectivity index (χ2n) is 7.63. The Kier molecular flexibility index (Phi) is 5.28. The molecule has 1 aromatic heterocycles. The molecule has 6 nitrogen and oxygen atoms in total. The third kappa shape index (κ3) is 3.86. The number of nitrogens with one attached hydrogen (secondary N) is 2. The minimum absolute atomic E-state index is 0.0969. The molecule has 1 aliphatic heterocycles. The van der Waals surface area contributed by atoms with E-state index >= 15 is 0 Å². The van der Waals surface area contributed by atoms with Gasteiger partial charge in [-0.05, 0) is 49.1 Å². The lowest BCUT2D eigenvalue weighted by Crippen LogP contribution is -2.31. The SMILES string of the molecule is CN1C(=O)CCc2ccc(NC(=O)c3ncccc3NC3CCCCC3)cc21. The molecule has 2 N–H and O–H groups in total. The van der Waals surface area contributed by atoms with E-state index in [1.165, 1.54) is 19.3 Å². The van der Waals surface area contributed by atoms with Crippen molar-refractivity contribution in [2.45, 2.75) is 51.0 Å². The molecule has 6 heteroatoms. The Morgan fingerprint density at radius 2 is 1.96 bits per heavy atom. The zero-order valence-corrected chi connectivity index (χ0v) is 16.2. The number of rotatable bonds is 4. The van der Waals surface area contributed by atoms with Gasteiger partial charge in [-0.15, -0.1) is 0 Å². The first-order chi connectivity index (χ1) is 13.6. The van der Waals surface area contributed by atoms with Gasteiger partial charge in [0.2, 0.25) is 5.91 Å². The predicted octanol–water partition coefficient (Wildman–Crippen LogP) is 3.99. The minimum Gasteiger partial charge on any atom is -0.380 e. The first-order valence-corrected chi connectivity index (χ1v) is 10.0. The van der Waals surface area contributed by atoms with Crippen LogP contribution in [0.4, 0.5) is 17.1 Å².